The number of methoxy groups -OCH3 is 1. The molecule has 3 nitrogen and oxygen atoms in total. The van der Waals surface area contributed by atoms with Crippen molar-refractivity contribution in [1.82, 2.24) is 0 Å². The Morgan fingerprint density at radius 1 is 0.966 bits per heavy atom. The minimum Gasteiger partial charge on any atom is -0.469 e. The third kappa shape index (κ3) is 4.64. The van der Waals surface area contributed by atoms with Gasteiger partial charge in [-0.1, -0.05) is 87.9 Å². The molecule has 3 rings (SSSR count). The van der Waals surface area contributed by atoms with E-state index in [-0.39, 0.29) is 16.9 Å². The van der Waals surface area contributed by atoms with Gasteiger partial charge in [0.25, 0.3) is 8.32 Å². The van der Waals surface area contributed by atoms with Crippen LogP contribution in [0.3, 0.4) is 0 Å². The van der Waals surface area contributed by atoms with E-state index in [9.17, 15) is 4.79 Å². The number of hydrogen-bond donors (Lipinski definition) is 0. The number of benzene rings is 2. The maximum atomic E-state index is 12.1. The zero-order valence-electron chi connectivity index (χ0n) is 18.2. The third-order valence-electron chi connectivity index (χ3n) is 6.27. The number of esters is 1. The van der Waals surface area contributed by atoms with Gasteiger partial charge in [0.15, 0.2) is 0 Å². The molecule has 1 aliphatic carbocycles. The van der Waals surface area contributed by atoms with Gasteiger partial charge in [0.05, 0.1) is 13.0 Å². The van der Waals surface area contributed by atoms with Crippen LogP contribution < -0.4 is 10.4 Å². The fourth-order valence-electron chi connectivity index (χ4n) is 4.83. The van der Waals surface area contributed by atoms with Gasteiger partial charge in [0, 0.05) is 6.61 Å². The van der Waals surface area contributed by atoms with Crippen LogP contribution in [0.4, 0.5) is 0 Å². The Balaban J connectivity index is 1.93. The summed E-state index contributed by atoms with van der Waals surface area (Å²) < 4.78 is 12.1. The van der Waals surface area contributed by atoms with E-state index in [1.54, 1.807) is 0 Å². The molecule has 0 radical (unpaired) electrons. The fourth-order valence-corrected chi connectivity index (χ4v) is 9.47. The Hall–Kier alpha value is -1.91. The maximum absolute atomic E-state index is 12.1. The van der Waals surface area contributed by atoms with Gasteiger partial charge in [-0.15, -0.1) is 0 Å². The lowest BCUT2D eigenvalue weighted by atomic mass is 9.82. The average molecular weight is 411 g/mol. The lowest BCUT2D eigenvalue weighted by Crippen LogP contribution is -2.67. The molecule has 0 bridgehead atoms. The van der Waals surface area contributed by atoms with Crippen LogP contribution in [0.25, 0.3) is 0 Å². The summed E-state index contributed by atoms with van der Waals surface area (Å²) in [4.78, 5) is 12.1. The zero-order valence-corrected chi connectivity index (χ0v) is 19.2. The number of carbonyl (C=O) groups is 1. The summed E-state index contributed by atoms with van der Waals surface area (Å²) >= 11 is 0. The molecule has 0 aliphatic heterocycles. The molecular weight excluding hydrogens is 376 g/mol. The van der Waals surface area contributed by atoms with E-state index in [1.807, 2.05) is 0 Å². The summed E-state index contributed by atoms with van der Waals surface area (Å²) in [5.74, 6) is 0.344. The van der Waals surface area contributed by atoms with Crippen molar-refractivity contribution in [3.05, 3.63) is 60.7 Å². The van der Waals surface area contributed by atoms with Crippen molar-refractivity contribution < 1.29 is 14.0 Å². The molecule has 0 saturated heterocycles. The second-order valence-corrected chi connectivity index (χ2v) is 13.5. The Morgan fingerprint density at radius 2 is 1.52 bits per heavy atom. The van der Waals surface area contributed by atoms with Crippen molar-refractivity contribution in [2.45, 2.75) is 51.5 Å². The predicted molar refractivity (Wildman–Crippen MR) is 121 cm³/mol. The van der Waals surface area contributed by atoms with Crippen molar-refractivity contribution in [2.24, 2.45) is 11.8 Å². The highest BCUT2D eigenvalue weighted by Crippen LogP contribution is 2.38. The van der Waals surface area contributed by atoms with Crippen molar-refractivity contribution in [2.75, 3.05) is 13.7 Å². The predicted octanol–water partition coefficient (Wildman–Crippen LogP) is 4.54. The summed E-state index contributed by atoms with van der Waals surface area (Å²) in [6.07, 6.45) is 3.98. The Labute approximate surface area is 176 Å². The van der Waals surface area contributed by atoms with Crippen molar-refractivity contribution >= 4 is 24.7 Å². The number of rotatable bonds is 6. The lowest BCUT2D eigenvalue weighted by Gasteiger charge is -2.44. The van der Waals surface area contributed by atoms with Crippen LogP contribution in [0.1, 0.15) is 46.5 Å². The van der Waals surface area contributed by atoms with Crippen LogP contribution in [0, 0.1) is 11.8 Å². The quantitative estimate of drug-likeness (QED) is 0.518. The first-order valence-corrected chi connectivity index (χ1v) is 12.6. The summed E-state index contributed by atoms with van der Waals surface area (Å²) in [7, 11) is -1.02. The second kappa shape index (κ2) is 9.27. The molecule has 0 amide bonds. The molecule has 4 heteroatoms. The van der Waals surface area contributed by atoms with E-state index >= 15 is 0 Å². The zero-order chi connectivity index (χ0) is 20.9. The van der Waals surface area contributed by atoms with Crippen LogP contribution in [0.15, 0.2) is 60.7 Å². The maximum Gasteiger partial charge on any atom is 0.308 e. The van der Waals surface area contributed by atoms with Gasteiger partial charge in [-0.25, -0.2) is 0 Å². The van der Waals surface area contributed by atoms with E-state index in [1.165, 1.54) is 17.5 Å². The van der Waals surface area contributed by atoms with Gasteiger partial charge in [-0.2, -0.15) is 0 Å². The summed E-state index contributed by atoms with van der Waals surface area (Å²) in [5.41, 5.74) is 0. The molecule has 1 fully saturated rings. The SMILES string of the molecule is COC(=O)C1CCCC(CO[Si](c2ccccc2)(c2ccccc2)C(C)(C)C)C1. The normalized spacial score (nSPS) is 20.3. The third-order valence-corrected chi connectivity index (χ3v) is 11.3. The van der Waals surface area contributed by atoms with Crippen molar-refractivity contribution in [3.63, 3.8) is 0 Å². The number of carbonyl (C=O) groups excluding carboxylic acids is 1. The monoisotopic (exact) mass is 410 g/mol. The molecule has 156 valence electrons. The molecule has 0 N–H and O–H groups in total. The van der Waals surface area contributed by atoms with Gasteiger partial charge in [0.1, 0.15) is 0 Å². The lowest BCUT2D eigenvalue weighted by molar-refractivity contribution is -0.147. The van der Waals surface area contributed by atoms with Gasteiger partial charge < -0.3 is 9.16 Å². The summed E-state index contributed by atoms with van der Waals surface area (Å²) in [6, 6.07) is 21.5. The highest BCUT2D eigenvalue weighted by molar-refractivity contribution is 6.99. The van der Waals surface area contributed by atoms with Crippen LogP contribution in [-0.4, -0.2) is 28.0 Å². The van der Waals surface area contributed by atoms with Crippen LogP contribution in [-0.2, 0) is 14.0 Å². The summed E-state index contributed by atoms with van der Waals surface area (Å²) in [5, 5.41) is 2.59. The Kier molecular flexibility index (Phi) is 6.96. The minimum atomic E-state index is -2.51. The van der Waals surface area contributed by atoms with E-state index in [2.05, 4.69) is 81.4 Å². The van der Waals surface area contributed by atoms with Crippen LogP contribution in [0.2, 0.25) is 5.04 Å². The van der Waals surface area contributed by atoms with Gasteiger partial charge >= 0.3 is 5.97 Å². The van der Waals surface area contributed by atoms with E-state index < -0.39 is 8.32 Å². The first-order chi connectivity index (χ1) is 13.9. The molecule has 2 aromatic rings. The van der Waals surface area contributed by atoms with Crippen LogP contribution >= 0.6 is 0 Å². The van der Waals surface area contributed by atoms with E-state index in [0.717, 1.165) is 25.7 Å². The molecule has 29 heavy (non-hydrogen) atoms. The topological polar surface area (TPSA) is 35.5 Å². The molecular formula is C25H34O3Si. The number of hydrogen-bond acceptors (Lipinski definition) is 3. The molecule has 0 heterocycles. The first kappa shape index (κ1) is 21.8. The first-order valence-electron chi connectivity index (χ1n) is 10.7. The molecule has 2 atom stereocenters. The molecule has 0 aromatic heterocycles. The smallest absolute Gasteiger partial charge is 0.308 e. The Morgan fingerprint density at radius 3 is 2.00 bits per heavy atom. The Bertz CT molecular complexity index is 743. The molecule has 2 aromatic carbocycles. The molecule has 2 unspecified atom stereocenters. The van der Waals surface area contributed by atoms with Gasteiger partial charge in [-0.05, 0) is 40.6 Å². The molecule has 1 aliphatic rings. The van der Waals surface area contributed by atoms with E-state index in [4.69, 9.17) is 9.16 Å². The standard InChI is InChI=1S/C25H34O3Si/c1-25(2,3)29(22-14-7-5-8-15-22,23-16-9-6-10-17-23)28-19-20-12-11-13-21(18-20)24(26)27-4/h5-10,14-17,20-21H,11-13,18-19H2,1-4H3. The highest BCUT2D eigenvalue weighted by atomic mass is 28.4. The number of ether oxygens (including phenoxy) is 1. The summed E-state index contributed by atoms with van der Waals surface area (Å²) in [6.45, 7) is 7.60. The largest absolute Gasteiger partial charge is 0.469 e. The highest BCUT2D eigenvalue weighted by Gasteiger charge is 2.50. The average Bonchev–Trinajstić information content (AvgIpc) is 2.74. The van der Waals surface area contributed by atoms with Gasteiger partial charge in [0.2, 0.25) is 0 Å². The van der Waals surface area contributed by atoms with Crippen molar-refractivity contribution in [3.8, 4) is 0 Å². The van der Waals surface area contributed by atoms with E-state index in [0.29, 0.717) is 12.5 Å². The van der Waals surface area contributed by atoms with Crippen molar-refractivity contribution in [1.29, 1.82) is 0 Å². The second-order valence-electron chi connectivity index (χ2n) is 9.23. The van der Waals surface area contributed by atoms with Crippen LogP contribution in [0.5, 0.6) is 0 Å². The molecule has 0 spiro atoms. The van der Waals surface area contributed by atoms with Gasteiger partial charge in [-0.3, -0.25) is 4.79 Å². The molecule has 1 saturated carbocycles. The fraction of sp³-hybridized carbons (Fsp3) is 0.480. The minimum absolute atomic E-state index is 0.0153.